The fraction of sp³-hybridized carbons (Fsp3) is 0.138. The number of aryl methyl sites for hydroxylation is 2. The van der Waals surface area contributed by atoms with Crippen molar-refractivity contribution in [1.82, 2.24) is 4.98 Å². The Morgan fingerprint density at radius 2 is 1.61 bits per heavy atom. The summed E-state index contributed by atoms with van der Waals surface area (Å²) in [6.07, 6.45) is 0.304. The molecule has 0 aliphatic carbocycles. The van der Waals surface area contributed by atoms with E-state index in [1.165, 1.54) is 23.1 Å². The van der Waals surface area contributed by atoms with Gasteiger partial charge in [0.15, 0.2) is 4.34 Å². The van der Waals surface area contributed by atoms with E-state index in [2.05, 4.69) is 27.8 Å². The number of rotatable bonds is 7. The molecule has 5 aromatic rings. The Hall–Kier alpha value is -3.68. The smallest absolute Gasteiger partial charge is 0.234 e. The minimum absolute atomic E-state index is 0.0574. The fourth-order valence-electron chi connectivity index (χ4n) is 4.18. The highest BCUT2D eigenvalue weighted by Gasteiger charge is 2.12. The fourth-order valence-corrected chi connectivity index (χ4v) is 6.09. The summed E-state index contributed by atoms with van der Waals surface area (Å²) in [4.78, 5) is 29.9. The van der Waals surface area contributed by atoms with Crippen LogP contribution in [0.15, 0.2) is 83.2 Å². The molecule has 5 rings (SSSR count). The summed E-state index contributed by atoms with van der Waals surface area (Å²) in [5.41, 5.74) is 5.55. The van der Waals surface area contributed by atoms with E-state index in [9.17, 15) is 9.59 Å². The number of para-hydroxylation sites is 1. The van der Waals surface area contributed by atoms with Gasteiger partial charge in [-0.05, 0) is 59.5 Å². The zero-order valence-electron chi connectivity index (χ0n) is 20.0. The van der Waals surface area contributed by atoms with E-state index in [-0.39, 0.29) is 17.6 Å². The number of anilines is 2. The van der Waals surface area contributed by atoms with E-state index in [1.54, 1.807) is 0 Å². The number of carbonyl (C=O) groups excluding carboxylic acids is 2. The maximum Gasteiger partial charge on any atom is 0.234 e. The van der Waals surface area contributed by atoms with Crippen molar-refractivity contribution in [2.24, 2.45) is 0 Å². The summed E-state index contributed by atoms with van der Waals surface area (Å²) in [5.74, 6) is 0.161. The lowest BCUT2D eigenvalue weighted by molar-refractivity contribution is -0.115. The quantitative estimate of drug-likeness (QED) is 0.231. The minimum atomic E-state index is -0.0620. The molecule has 0 radical (unpaired) electrons. The summed E-state index contributed by atoms with van der Waals surface area (Å²) in [5, 5.41) is 8.25. The molecule has 0 aliphatic heterocycles. The Bertz CT molecular complexity index is 1570. The monoisotopic (exact) mass is 511 g/mol. The predicted octanol–water partition coefficient (Wildman–Crippen LogP) is 6.98. The Morgan fingerprint density at radius 1 is 0.861 bits per heavy atom. The maximum absolute atomic E-state index is 12.8. The molecular weight excluding hydrogens is 486 g/mol. The van der Waals surface area contributed by atoms with Crippen LogP contribution in [0, 0.1) is 13.8 Å². The van der Waals surface area contributed by atoms with Crippen LogP contribution in [0.3, 0.4) is 0 Å². The van der Waals surface area contributed by atoms with Gasteiger partial charge in [-0.25, -0.2) is 4.98 Å². The van der Waals surface area contributed by atoms with E-state index in [4.69, 9.17) is 0 Å². The third-order valence-corrected chi connectivity index (χ3v) is 8.12. The molecule has 0 saturated carbocycles. The molecule has 0 bridgehead atoms. The van der Waals surface area contributed by atoms with Gasteiger partial charge in [-0.1, -0.05) is 72.4 Å². The first kappa shape index (κ1) is 24.0. The van der Waals surface area contributed by atoms with Crippen LogP contribution in [0.5, 0.6) is 0 Å². The number of hydrogen-bond acceptors (Lipinski definition) is 5. The number of aromatic nitrogens is 1. The Morgan fingerprint density at radius 3 is 2.44 bits per heavy atom. The minimum Gasteiger partial charge on any atom is -0.326 e. The zero-order valence-corrected chi connectivity index (χ0v) is 21.6. The van der Waals surface area contributed by atoms with E-state index in [1.807, 2.05) is 80.6 Å². The predicted molar refractivity (Wildman–Crippen MR) is 151 cm³/mol. The van der Waals surface area contributed by atoms with Crippen molar-refractivity contribution >= 4 is 67.3 Å². The molecule has 2 amide bonds. The molecule has 0 atom stereocenters. The van der Waals surface area contributed by atoms with Crippen LogP contribution >= 0.6 is 23.1 Å². The number of hydrogen-bond donors (Lipinski definition) is 2. The third-order valence-electron chi connectivity index (χ3n) is 5.96. The van der Waals surface area contributed by atoms with E-state index < -0.39 is 0 Å². The zero-order chi connectivity index (χ0) is 25.1. The largest absolute Gasteiger partial charge is 0.326 e. The van der Waals surface area contributed by atoms with Crippen LogP contribution in [-0.4, -0.2) is 22.6 Å². The second-order valence-electron chi connectivity index (χ2n) is 8.63. The number of benzene rings is 4. The second-order valence-corrected chi connectivity index (χ2v) is 10.9. The third kappa shape index (κ3) is 5.42. The number of thioether (sulfide) groups is 1. The van der Waals surface area contributed by atoms with E-state index in [0.717, 1.165) is 53.4 Å². The molecule has 0 saturated heterocycles. The molecule has 5 nitrogen and oxygen atoms in total. The lowest BCUT2D eigenvalue weighted by Gasteiger charge is -2.10. The molecule has 0 spiro atoms. The molecule has 2 N–H and O–H groups in total. The van der Waals surface area contributed by atoms with Crippen molar-refractivity contribution < 1.29 is 9.59 Å². The number of nitrogens with zero attached hydrogens (tertiary/aromatic N) is 1. The topological polar surface area (TPSA) is 71.1 Å². The number of nitrogens with one attached hydrogen (secondary N) is 2. The number of fused-ring (bicyclic) bond motifs is 2. The summed E-state index contributed by atoms with van der Waals surface area (Å²) in [6, 6.07) is 25.8. The van der Waals surface area contributed by atoms with Crippen molar-refractivity contribution in [3.8, 4) is 0 Å². The van der Waals surface area contributed by atoms with Gasteiger partial charge in [-0.3, -0.25) is 9.59 Å². The summed E-state index contributed by atoms with van der Waals surface area (Å²) in [6.45, 7) is 3.98. The molecule has 0 fully saturated rings. The van der Waals surface area contributed by atoms with Crippen LogP contribution in [0.2, 0.25) is 0 Å². The van der Waals surface area contributed by atoms with Crippen molar-refractivity contribution in [2.75, 3.05) is 16.4 Å². The Balaban J connectivity index is 1.22. The highest BCUT2D eigenvalue weighted by molar-refractivity contribution is 8.01. The van der Waals surface area contributed by atoms with Gasteiger partial charge in [-0.15, -0.1) is 11.3 Å². The van der Waals surface area contributed by atoms with E-state index >= 15 is 0 Å². The first-order chi connectivity index (χ1) is 17.5. The SMILES string of the molecule is Cc1cccc(C)c1NC(=O)CSc1nc2ccc(NC(=O)Cc3cccc4ccccc34)cc2s1. The number of thiazole rings is 1. The standard InChI is InChI=1S/C29H25N3O2S2/c1-18-7-5-8-19(2)28(18)32-27(34)17-35-29-31-24-14-13-22(16-25(24)36-29)30-26(33)15-21-11-6-10-20-9-3-4-12-23(20)21/h3-14,16H,15,17H2,1-2H3,(H,30,33)(H,32,34). The number of carbonyl (C=O) groups is 2. The molecule has 4 aromatic carbocycles. The second kappa shape index (κ2) is 10.5. The summed E-state index contributed by atoms with van der Waals surface area (Å²) >= 11 is 2.94. The van der Waals surface area contributed by atoms with Crippen molar-refractivity contribution in [3.63, 3.8) is 0 Å². The van der Waals surface area contributed by atoms with Gasteiger partial charge in [0.2, 0.25) is 11.8 Å². The van der Waals surface area contributed by atoms with Crippen molar-refractivity contribution in [2.45, 2.75) is 24.6 Å². The summed E-state index contributed by atoms with van der Waals surface area (Å²) in [7, 11) is 0. The van der Waals surface area contributed by atoms with Crippen LogP contribution in [0.1, 0.15) is 16.7 Å². The van der Waals surface area contributed by atoms with Crippen molar-refractivity contribution in [1.29, 1.82) is 0 Å². The molecule has 7 heteroatoms. The molecule has 0 aliphatic rings. The van der Waals surface area contributed by atoms with Crippen LogP contribution in [0.25, 0.3) is 21.0 Å². The van der Waals surface area contributed by atoms with Gasteiger partial charge < -0.3 is 10.6 Å². The van der Waals surface area contributed by atoms with Gasteiger partial charge >= 0.3 is 0 Å². The average Bonchev–Trinajstić information content (AvgIpc) is 3.27. The lowest BCUT2D eigenvalue weighted by atomic mass is 10.0. The highest BCUT2D eigenvalue weighted by atomic mass is 32.2. The number of amides is 2. The highest BCUT2D eigenvalue weighted by Crippen LogP contribution is 2.32. The first-order valence-electron chi connectivity index (χ1n) is 11.6. The molecule has 0 unspecified atom stereocenters. The normalized spacial score (nSPS) is 11.1. The van der Waals surface area contributed by atoms with E-state index in [0.29, 0.717) is 6.42 Å². The molecule has 1 heterocycles. The molecule has 1 aromatic heterocycles. The average molecular weight is 512 g/mol. The van der Waals surface area contributed by atoms with Gasteiger partial charge in [0.1, 0.15) is 0 Å². The van der Waals surface area contributed by atoms with Crippen LogP contribution in [0.4, 0.5) is 11.4 Å². The van der Waals surface area contributed by atoms with Crippen molar-refractivity contribution in [3.05, 3.63) is 95.6 Å². The van der Waals surface area contributed by atoms with Gasteiger partial charge in [0.05, 0.1) is 22.4 Å². The Labute approximate surface area is 218 Å². The molecule has 180 valence electrons. The molecule has 36 heavy (non-hydrogen) atoms. The summed E-state index contributed by atoms with van der Waals surface area (Å²) < 4.78 is 1.79. The maximum atomic E-state index is 12.8. The first-order valence-corrected chi connectivity index (χ1v) is 13.4. The Kier molecular flexibility index (Phi) is 7.02. The van der Waals surface area contributed by atoms with Gasteiger partial charge in [0.25, 0.3) is 0 Å². The van der Waals surface area contributed by atoms with Crippen LogP contribution in [-0.2, 0) is 16.0 Å². The molecular formula is C29H25N3O2S2. The van der Waals surface area contributed by atoms with Crippen LogP contribution < -0.4 is 10.6 Å². The lowest BCUT2D eigenvalue weighted by Crippen LogP contribution is -2.15. The van der Waals surface area contributed by atoms with Gasteiger partial charge in [0, 0.05) is 11.4 Å². The van der Waals surface area contributed by atoms with Gasteiger partial charge in [-0.2, -0.15) is 0 Å².